The van der Waals surface area contributed by atoms with Gasteiger partial charge >= 0.3 is 12.1 Å². The molecule has 0 unspecified atom stereocenters. The van der Waals surface area contributed by atoms with Crippen LogP contribution in [0, 0.1) is 0 Å². The van der Waals surface area contributed by atoms with Crippen LogP contribution in [-0.4, -0.2) is 27.9 Å². The van der Waals surface area contributed by atoms with Crippen LogP contribution in [-0.2, 0) is 4.79 Å². The van der Waals surface area contributed by atoms with Gasteiger partial charge in [-0.1, -0.05) is 48.5 Å². The van der Waals surface area contributed by atoms with Crippen molar-refractivity contribution in [2.45, 2.75) is 6.18 Å². The zero-order valence-corrected chi connectivity index (χ0v) is 12.1. The van der Waals surface area contributed by atoms with Gasteiger partial charge in [0.15, 0.2) is 5.88 Å². The number of hydrogen-bond acceptors (Lipinski definition) is 2. The molecule has 2 aromatic carbocycles. The maximum atomic E-state index is 12.7. The molecule has 1 heterocycles. The Morgan fingerprint density at radius 2 is 1.62 bits per heavy atom. The summed E-state index contributed by atoms with van der Waals surface area (Å²) >= 11 is 0. The second-order valence-corrected chi connectivity index (χ2v) is 5.02. The summed E-state index contributed by atoms with van der Waals surface area (Å²) in [5, 5.41) is 10.6. The molecular weight excluding hydrogens is 321 g/mol. The highest BCUT2D eigenvalue weighted by molar-refractivity contribution is 6.23. The molecule has 0 fully saturated rings. The second-order valence-electron chi connectivity index (χ2n) is 5.02. The van der Waals surface area contributed by atoms with Gasteiger partial charge in [-0.25, -0.2) is 4.99 Å². The molecule has 3 rings (SSSR count). The molecule has 1 aromatic heterocycles. The van der Waals surface area contributed by atoms with Crippen LogP contribution in [0.4, 0.5) is 13.2 Å². The lowest BCUT2D eigenvalue weighted by Gasteiger charge is -2.08. The molecule has 0 atom stereocenters. The van der Waals surface area contributed by atoms with Gasteiger partial charge in [-0.05, 0) is 6.07 Å². The Balaban J connectivity index is 2.27. The minimum atomic E-state index is -5.10. The van der Waals surface area contributed by atoms with Crippen LogP contribution in [0.25, 0.3) is 10.9 Å². The number of aromatic nitrogens is 1. The molecule has 3 aromatic rings. The van der Waals surface area contributed by atoms with Crippen molar-refractivity contribution in [1.82, 2.24) is 4.98 Å². The molecule has 0 aliphatic rings. The first-order valence-corrected chi connectivity index (χ1v) is 6.93. The lowest BCUT2D eigenvalue weighted by atomic mass is 10.0. The molecule has 0 saturated carbocycles. The van der Waals surface area contributed by atoms with Crippen LogP contribution < -0.4 is 0 Å². The largest absolute Gasteiger partial charge is 0.494 e. The molecule has 0 aliphatic heterocycles. The number of hydrogen-bond donors (Lipinski definition) is 2. The molecule has 2 N–H and O–H groups in total. The number of alkyl halides is 3. The Bertz CT molecular complexity index is 928. The normalized spacial score (nSPS) is 12.5. The zero-order chi connectivity index (χ0) is 17.3. The predicted molar refractivity (Wildman–Crippen MR) is 83.1 cm³/mol. The number of nitrogens with zero attached hydrogens (tertiary/aromatic N) is 1. The van der Waals surface area contributed by atoms with E-state index in [-0.39, 0.29) is 22.7 Å². The van der Waals surface area contributed by atoms with Gasteiger partial charge in [0.25, 0.3) is 0 Å². The maximum Gasteiger partial charge on any atom is 0.473 e. The fourth-order valence-electron chi connectivity index (χ4n) is 2.39. The SMILES string of the molecule is O=C(N=C(c1ccccc1)c1c(O)[nH]c2ccccc12)C(F)(F)F. The van der Waals surface area contributed by atoms with Gasteiger partial charge in [-0.15, -0.1) is 0 Å². The Hall–Kier alpha value is -3.09. The van der Waals surface area contributed by atoms with Gasteiger partial charge in [0, 0.05) is 16.5 Å². The first-order valence-electron chi connectivity index (χ1n) is 6.93. The van der Waals surface area contributed by atoms with E-state index in [1.165, 1.54) is 12.1 Å². The van der Waals surface area contributed by atoms with Gasteiger partial charge < -0.3 is 10.1 Å². The number of para-hydroxylation sites is 1. The van der Waals surface area contributed by atoms with Crippen LogP contribution in [0.5, 0.6) is 5.88 Å². The van der Waals surface area contributed by atoms with Gasteiger partial charge in [0.05, 0.1) is 11.3 Å². The molecule has 0 bridgehead atoms. The molecule has 0 spiro atoms. The topological polar surface area (TPSA) is 65.4 Å². The number of aromatic hydroxyl groups is 1. The summed E-state index contributed by atoms with van der Waals surface area (Å²) in [6.07, 6.45) is -5.10. The van der Waals surface area contributed by atoms with E-state index in [9.17, 15) is 23.1 Å². The number of carbonyl (C=O) groups excluding carboxylic acids is 1. The van der Waals surface area contributed by atoms with Crippen LogP contribution in [0.1, 0.15) is 11.1 Å². The van der Waals surface area contributed by atoms with Crippen molar-refractivity contribution in [2.75, 3.05) is 0 Å². The molecule has 7 heteroatoms. The first kappa shape index (κ1) is 15.8. The van der Waals surface area contributed by atoms with E-state index in [1.807, 2.05) is 0 Å². The van der Waals surface area contributed by atoms with Gasteiger partial charge in [0.1, 0.15) is 0 Å². The van der Waals surface area contributed by atoms with Gasteiger partial charge in [-0.3, -0.25) is 4.79 Å². The summed E-state index contributed by atoms with van der Waals surface area (Å²) < 4.78 is 38.0. The van der Waals surface area contributed by atoms with Crippen molar-refractivity contribution in [3.8, 4) is 5.88 Å². The van der Waals surface area contributed by atoms with Crippen molar-refractivity contribution in [3.63, 3.8) is 0 Å². The Morgan fingerprint density at radius 3 is 2.29 bits per heavy atom. The third-order valence-electron chi connectivity index (χ3n) is 3.43. The van der Waals surface area contributed by atoms with E-state index >= 15 is 0 Å². The number of aliphatic imine (C=N–C) groups is 1. The number of H-pyrrole nitrogens is 1. The standard InChI is InChI=1S/C17H11F3N2O2/c18-17(19,20)16(24)22-14(10-6-2-1-3-7-10)13-11-8-4-5-9-12(11)21-15(13)23/h1-9,21,23H. The molecule has 4 nitrogen and oxygen atoms in total. The molecule has 122 valence electrons. The molecule has 0 radical (unpaired) electrons. The molecule has 0 saturated heterocycles. The van der Waals surface area contributed by atoms with Crippen LogP contribution in [0.2, 0.25) is 0 Å². The van der Waals surface area contributed by atoms with Crippen LogP contribution >= 0.6 is 0 Å². The number of amides is 1. The second kappa shape index (κ2) is 5.84. The smallest absolute Gasteiger partial charge is 0.473 e. The fraction of sp³-hybridized carbons (Fsp3) is 0.0588. The highest BCUT2D eigenvalue weighted by Gasteiger charge is 2.39. The van der Waals surface area contributed by atoms with E-state index in [0.717, 1.165) is 0 Å². The van der Waals surface area contributed by atoms with E-state index in [0.29, 0.717) is 10.9 Å². The molecule has 0 aliphatic carbocycles. The van der Waals surface area contributed by atoms with Crippen LogP contribution in [0.15, 0.2) is 59.6 Å². The van der Waals surface area contributed by atoms with Crippen molar-refractivity contribution >= 4 is 22.5 Å². The first-order chi connectivity index (χ1) is 11.4. The number of rotatable bonds is 2. The zero-order valence-electron chi connectivity index (χ0n) is 12.1. The Labute approximate surface area is 134 Å². The molecule has 24 heavy (non-hydrogen) atoms. The Morgan fingerprint density at radius 1 is 1.00 bits per heavy atom. The summed E-state index contributed by atoms with van der Waals surface area (Å²) in [6.45, 7) is 0. The number of benzene rings is 2. The van der Waals surface area contributed by atoms with Gasteiger partial charge in [-0.2, -0.15) is 13.2 Å². The quantitative estimate of drug-likeness (QED) is 0.701. The summed E-state index contributed by atoms with van der Waals surface area (Å²) in [5.74, 6) is -2.58. The lowest BCUT2D eigenvalue weighted by Crippen LogP contribution is -2.22. The van der Waals surface area contributed by atoms with Crippen LogP contribution in [0.3, 0.4) is 0 Å². The minimum Gasteiger partial charge on any atom is -0.494 e. The predicted octanol–water partition coefficient (Wildman–Crippen LogP) is 3.80. The van der Waals surface area contributed by atoms with E-state index in [4.69, 9.17) is 0 Å². The van der Waals surface area contributed by atoms with E-state index in [2.05, 4.69) is 9.98 Å². The highest BCUT2D eigenvalue weighted by Crippen LogP contribution is 2.30. The third-order valence-corrected chi connectivity index (χ3v) is 3.43. The fourth-order valence-corrected chi connectivity index (χ4v) is 2.39. The van der Waals surface area contributed by atoms with E-state index < -0.39 is 12.1 Å². The Kier molecular flexibility index (Phi) is 3.84. The monoisotopic (exact) mass is 332 g/mol. The summed E-state index contributed by atoms with van der Waals surface area (Å²) in [5.41, 5.74) is 0.616. The summed E-state index contributed by atoms with van der Waals surface area (Å²) in [7, 11) is 0. The van der Waals surface area contributed by atoms with Crippen molar-refractivity contribution in [3.05, 3.63) is 65.7 Å². The highest BCUT2D eigenvalue weighted by atomic mass is 19.4. The molecule has 1 amide bonds. The number of fused-ring (bicyclic) bond motifs is 1. The summed E-state index contributed by atoms with van der Waals surface area (Å²) in [6, 6.07) is 14.6. The summed E-state index contributed by atoms with van der Waals surface area (Å²) in [4.78, 5) is 17.3. The maximum absolute atomic E-state index is 12.7. The number of halogens is 3. The van der Waals surface area contributed by atoms with Gasteiger partial charge in [0.2, 0.25) is 0 Å². The van der Waals surface area contributed by atoms with Crippen molar-refractivity contribution < 1.29 is 23.1 Å². The number of nitrogens with one attached hydrogen (secondary N) is 1. The average molecular weight is 332 g/mol. The molecular formula is C17H11F3N2O2. The van der Waals surface area contributed by atoms with Crippen molar-refractivity contribution in [2.24, 2.45) is 4.99 Å². The van der Waals surface area contributed by atoms with E-state index in [1.54, 1.807) is 42.5 Å². The third kappa shape index (κ3) is 2.88. The number of aromatic amines is 1. The number of carbonyl (C=O) groups is 1. The van der Waals surface area contributed by atoms with Crippen molar-refractivity contribution in [1.29, 1.82) is 0 Å². The minimum absolute atomic E-state index is 0.0504. The lowest BCUT2D eigenvalue weighted by molar-refractivity contribution is -0.169. The average Bonchev–Trinajstić information content (AvgIpc) is 2.88.